The molecule has 0 aliphatic rings. The van der Waals surface area contributed by atoms with Crippen LogP contribution in [-0.2, 0) is 26.3 Å². The number of aromatic nitrogens is 1. The van der Waals surface area contributed by atoms with E-state index in [1.807, 2.05) is 57.2 Å². The number of benzene rings is 2. The lowest BCUT2D eigenvalue weighted by atomic mass is 10.0. The van der Waals surface area contributed by atoms with Crippen LogP contribution in [0.2, 0.25) is 0 Å². The molecule has 0 saturated heterocycles. The minimum Gasteiger partial charge on any atom is -0.496 e. The molecule has 0 unspecified atom stereocenters. The number of rotatable bonds is 11. The predicted molar refractivity (Wildman–Crippen MR) is 144 cm³/mol. The highest BCUT2D eigenvalue weighted by Crippen LogP contribution is 2.51. The molecule has 3 rings (SSSR count). The minimum absolute atomic E-state index is 0.207. The van der Waals surface area contributed by atoms with E-state index in [0.717, 1.165) is 39.1 Å². The Bertz CT molecular complexity index is 1270. The third-order valence-corrected chi connectivity index (χ3v) is 7.78. The van der Waals surface area contributed by atoms with Gasteiger partial charge < -0.3 is 23.8 Å². The molecule has 1 amide bonds. The molecule has 1 aromatic heterocycles. The summed E-state index contributed by atoms with van der Waals surface area (Å²) in [6.45, 7) is 10.2. The largest absolute Gasteiger partial charge is 0.496 e. The SMILES string of the molecule is CCOP(=O)(Cc1ccc(-c2cc(C)cc(OC(=O)NCc3ncc(C)c(OC)c3C)c2)cc1)OCC. The summed E-state index contributed by atoms with van der Waals surface area (Å²) in [4.78, 5) is 16.9. The fraction of sp³-hybridized carbons (Fsp3) is 0.357. The lowest BCUT2D eigenvalue weighted by Gasteiger charge is -2.17. The van der Waals surface area contributed by atoms with E-state index in [-0.39, 0.29) is 12.7 Å². The number of hydrogen-bond donors (Lipinski definition) is 1. The first-order valence-electron chi connectivity index (χ1n) is 12.2. The zero-order valence-electron chi connectivity index (χ0n) is 22.3. The maximum Gasteiger partial charge on any atom is 0.412 e. The van der Waals surface area contributed by atoms with Crippen molar-refractivity contribution < 1.29 is 27.9 Å². The van der Waals surface area contributed by atoms with E-state index in [2.05, 4.69) is 10.3 Å². The van der Waals surface area contributed by atoms with E-state index < -0.39 is 13.7 Å². The van der Waals surface area contributed by atoms with Crippen molar-refractivity contribution in [3.05, 3.63) is 76.6 Å². The molecule has 37 heavy (non-hydrogen) atoms. The second-order valence-corrected chi connectivity index (χ2v) is 10.7. The Balaban J connectivity index is 1.69. The average molecular weight is 527 g/mol. The molecular formula is C28H35N2O6P. The number of pyridine rings is 1. The first-order chi connectivity index (χ1) is 17.7. The lowest BCUT2D eigenvalue weighted by Crippen LogP contribution is -2.27. The molecule has 0 atom stereocenters. The van der Waals surface area contributed by atoms with Crippen LogP contribution >= 0.6 is 7.60 Å². The van der Waals surface area contributed by atoms with Crippen molar-refractivity contribution in [2.24, 2.45) is 0 Å². The minimum atomic E-state index is -3.18. The first-order valence-corrected chi connectivity index (χ1v) is 13.9. The molecule has 8 nitrogen and oxygen atoms in total. The van der Waals surface area contributed by atoms with Crippen LogP contribution in [0.3, 0.4) is 0 Å². The molecule has 0 spiro atoms. The quantitative estimate of drug-likeness (QED) is 0.277. The number of carbonyl (C=O) groups excluding carboxylic acids is 1. The highest BCUT2D eigenvalue weighted by molar-refractivity contribution is 7.53. The van der Waals surface area contributed by atoms with Gasteiger partial charge in [0, 0.05) is 17.3 Å². The Morgan fingerprint density at radius 1 is 0.973 bits per heavy atom. The second-order valence-electron chi connectivity index (χ2n) is 8.63. The number of hydrogen-bond acceptors (Lipinski definition) is 7. The molecule has 198 valence electrons. The van der Waals surface area contributed by atoms with Crippen LogP contribution in [0, 0.1) is 20.8 Å². The van der Waals surface area contributed by atoms with E-state index in [1.165, 1.54) is 0 Å². The molecule has 9 heteroatoms. The van der Waals surface area contributed by atoms with E-state index in [1.54, 1.807) is 33.2 Å². The summed E-state index contributed by atoms with van der Waals surface area (Å²) in [5.74, 6) is 1.19. The van der Waals surface area contributed by atoms with Crippen molar-refractivity contribution in [2.45, 2.75) is 47.3 Å². The highest BCUT2D eigenvalue weighted by Gasteiger charge is 2.24. The van der Waals surface area contributed by atoms with Crippen LogP contribution in [0.15, 0.2) is 48.7 Å². The Hall–Kier alpha value is -3.19. The van der Waals surface area contributed by atoms with Crippen molar-refractivity contribution in [2.75, 3.05) is 20.3 Å². The van der Waals surface area contributed by atoms with E-state index >= 15 is 0 Å². The fourth-order valence-corrected chi connectivity index (χ4v) is 5.77. The van der Waals surface area contributed by atoms with Gasteiger partial charge in [0.05, 0.1) is 38.7 Å². The summed E-state index contributed by atoms with van der Waals surface area (Å²) in [5, 5.41) is 2.76. The van der Waals surface area contributed by atoms with E-state index in [4.69, 9.17) is 18.5 Å². The number of nitrogens with one attached hydrogen (secondary N) is 1. The summed E-state index contributed by atoms with van der Waals surface area (Å²) in [7, 11) is -1.56. The fourth-order valence-electron chi connectivity index (χ4n) is 4.07. The molecular weight excluding hydrogens is 491 g/mol. The molecule has 0 aliphatic carbocycles. The molecule has 2 aromatic carbocycles. The van der Waals surface area contributed by atoms with Crippen LogP contribution in [0.1, 0.15) is 41.8 Å². The second kappa shape index (κ2) is 12.9. The Kier molecular flexibility index (Phi) is 9.86. The van der Waals surface area contributed by atoms with Gasteiger partial charge in [-0.3, -0.25) is 9.55 Å². The van der Waals surface area contributed by atoms with Gasteiger partial charge in [0.2, 0.25) is 0 Å². The van der Waals surface area contributed by atoms with Crippen LogP contribution in [-0.4, -0.2) is 31.4 Å². The Labute approximate surface area is 218 Å². The first kappa shape index (κ1) is 28.4. The maximum absolute atomic E-state index is 12.8. The van der Waals surface area contributed by atoms with Crippen molar-refractivity contribution in [1.82, 2.24) is 10.3 Å². The summed E-state index contributed by atoms with van der Waals surface area (Å²) in [6.07, 6.45) is 1.35. The Morgan fingerprint density at radius 3 is 2.27 bits per heavy atom. The van der Waals surface area contributed by atoms with Crippen molar-refractivity contribution in [1.29, 1.82) is 0 Å². The number of amides is 1. The molecule has 0 saturated carbocycles. The van der Waals surface area contributed by atoms with Gasteiger partial charge in [-0.2, -0.15) is 0 Å². The number of methoxy groups -OCH3 is 1. The summed E-state index contributed by atoms with van der Waals surface area (Å²) in [6, 6.07) is 13.3. The number of ether oxygens (including phenoxy) is 2. The third kappa shape index (κ3) is 7.65. The summed E-state index contributed by atoms with van der Waals surface area (Å²) in [5.41, 5.74) is 6.16. The summed E-state index contributed by atoms with van der Waals surface area (Å²) < 4.78 is 34.6. The van der Waals surface area contributed by atoms with Gasteiger partial charge in [-0.05, 0) is 69.0 Å². The number of aryl methyl sites for hydroxylation is 2. The van der Waals surface area contributed by atoms with Gasteiger partial charge >= 0.3 is 13.7 Å². The van der Waals surface area contributed by atoms with Gasteiger partial charge in [-0.1, -0.05) is 30.3 Å². The van der Waals surface area contributed by atoms with E-state index in [0.29, 0.717) is 24.7 Å². The zero-order chi connectivity index (χ0) is 27.0. The zero-order valence-corrected chi connectivity index (χ0v) is 23.2. The average Bonchev–Trinajstić information content (AvgIpc) is 2.84. The topological polar surface area (TPSA) is 96.0 Å². The molecule has 0 bridgehead atoms. The smallest absolute Gasteiger partial charge is 0.412 e. The van der Waals surface area contributed by atoms with E-state index in [9.17, 15) is 9.36 Å². The van der Waals surface area contributed by atoms with Gasteiger partial charge in [0.25, 0.3) is 0 Å². The molecule has 3 aromatic rings. The third-order valence-electron chi connectivity index (χ3n) is 5.73. The van der Waals surface area contributed by atoms with Crippen LogP contribution in [0.4, 0.5) is 4.79 Å². The normalized spacial score (nSPS) is 11.3. The van der Waals surface area contributed by atoms with Crippen molar-refractivity contribution in [3.8, 4) is 22.6 Å². The Morgan fingerprint density at radius 2 is 1.65 bits per heavy atom. The predicted octanol–water partition coefficient (Wildman–Crippen LogP) is 6.74. The van der Waals surface area contributed by atoms with Gasteiger partial charge in [0.15, 0.2) is 0 Å². The van der Waals surface area contributed by atoms with Gasteiger partial charge in [-0.15, -0.1) is 0 Å². The van der Waals surface area contributed by atoms with Crippen LogP contribution in [0.5, 0.6) is 11.5 Å². The van der Waals surface area contributed by atoms with Crippen molar-refractivity contribution in [3.63, 3.8) is 0 Å². The van der Waals surface area contributed by atoms with Gasteiger partial charge in [0.1, 0.15) is 11.5 Å². The van der Waals surface area contributed by atoms with Crippen molar-refractivity contribution >= 4 is 13.7 Å². The standard InChI is InChI=1S/C28H35N2O6P/c1-7-34-37(32,35-8-2)18-22-9-11-23(12-10-22)24-13-19(3)14-25(15-24)36-28(31)30-17-26-21(5)27(33-6)20(4)16-29-26/h9-16H,7-8,17-18H2,1-6H3,(H,30,31). The van der Waals surface area contributed by atoms with Crippen LogP contribution < -0.4 is 14.8 Å². The highest BCUT2D eigenvalue weighted by atomic mass is 31.2. The molecule has 1 N–H and O–H groups in total. The molecule has 0 aliphatic heterocycles. The maximum atomic E-state index is 12.8. The summed E-state index contributed by atoms with van der Waals surface area (Å²) >= 11 is 0. The van der Waals surface area contributed by atoms with Crippen LogP contribution in [0.25, 0.3) is 11.1 Å². The monoisotopic (exact) mass is 526 g/mol. The molecule has 1 heterocycles. The molecule has 0 radical (unpaired) electrons. The number of nitrogens with zero attached hydrogens (tertiary/aromatic N) is 1. The lowest BCUT2D eigenvalue weighted by molar-refractivity contribution is 0.199. The van der Waals surface area contributed by atoms with Gasteiger partial charge in [-0.25, -0.2) is 4.79 Å². The molecule has 0 fully saturated rings. The number of carbonyl (C=O) groups is 1.